The maximum absolute atomic E-state index is 11.5. The molecule has 1 N–H and O–H groups in total. The van der Waals surface area contributed by atoms with Gasteiger partial charge in [0.2, 0.25) is 5.88 Å². The Kier molecular flexibility index (Phi) is 8.39. The van der Waals surface area contributed by atoms with Crippen LogP contribution in [0.3, 0.4) is 0 Å². The quantitative estimate of drug-likeness (QED) is 0.307. The lowest BCUT2D eigenvalue weighted by molar-refractivity contribution is -0.138. The fourth-order valence-corrected chi connectivity index (χ4v) is 2.34. The Morgan fingerprint density at radius 1 is 1.46 bits per heavy atom. The van der Waals surface area contributed by atoms with E-state index in [1.165, 1.54) is 6.20 Å². The Labute approximate surface area is 153 Å². The number of esters is 1. The summed E-state index contributed by atoms with van der Waals surface area (Å²) in [6.45, 7) is 7.03. The third kappa shape index (κ3) is 6.70. The van der Waals surface area contributed by atoms with Crippen LogP contribution in [0.2, 0.25) is 0 Å². The maximum Gasteiger partial charge on any atom is 0.350 e. The molecule has 0 unspecified atom stereocenters. The van der Waals surface area contributed by atoms with Crippen molar-refractivity contribution in [3.63, 3.8) is 0 Å². The zero-order valence-electron chi connectivity index (χ0n) is 14.9. The number of carbonyl (C=O) groups is 1. The van der Waals surface area contributed by atoms with Crippen LogP contribution in [0.1, 0.15) is 13.3 Å². The minimum absolute atomic E-state index is 0.102. The van der Waals surface area contributed by atoms with Crippen LogP contribution in [0.4, 0.5) is 5.69 Å². The summed E-state index contributed by atoms with van der Waals surface area (Å²) in [5.74, 6) is -0.122. The second kappa shape index (κ2) is 11.1. The average molecular weight is 360 g/mol. The van der Waals surface area contributed by atoms with Crippen molar-refractivity contribution < 1.29 is 19.0 Å². The van der Waals surface area contributed by atoms with E-state index in [1.807, 2.05) is 0 Å². The average Bonchev–Trinajstić information content (AvgIpc) is 2.68. The van der Waals surface area contributed by atoms with Gasteiger partial charge >= 0.3 is 5.97 Å². The number of nitrogens with zero attached hydrogens (tertiary/aromatic N) is 3. The highest BCUT2D eigenvalue weighted by Crippen LogP contribution is 2.12. The van der Waals surface area contributed by atoms with Gasteiger partial charge in [-0.15, -0.1) is 0 Å². The molecule has 1 saturated heterocycles. The number of ether oxygens (including phenoxy) is 3. The normalized spacial score (nSPS) is 15.2. The summed E-state index contributed by atoms with van der Waals surface area (Å²) in [7, 11) is 0. The van der Waals surface area contributed by atoms with Crippen LogP contribution >= 0.6 is 0 Å². The lowest BCUT2D eigenvalue weighted by atomic mass is 10.3. The van der Waals surface area contributed by atoms with Gasteiger partial charge < -0.3 is 19.5 Å². The molecule has 0 saturated carbocycles. The molecule has 0 bridgehead atoms. The summed E-state index contributed by atoms with van der Waals surface area (Å²) in [4.78, 5) is 18.1. The molecule has 0 aromatic carbocycles. The topological polar surface area (TPSA) is 96.7 Å². The van der Waals surface area contributed by atoms with Crippen LogP contribution in [0.25, 0.3) is 0 Å². The number of hydrogen-bond acceptors (Lipinski definition) is 8. The van der Waals surface area contributed by atoms with Gasteiger partial charge in [-0.05, 0) is 19.4 Å². The molecule has 1 aliphatic rings. The third-order valence-electron chi connectivity index (χ3n) is 3.71. The molecular formula is C18H24N4O4. The molecule has 1 aromatic rings. The van der Waals surface area contributed by atoms with E-state index in [-0.39, 0.29) is 12.2 Å². The molecule has 0 spiro atoms. The second-order valence-corrected chi connectivity index (χ2v) is 5.58. The zero-order chi connectivity index (χ0) is 18.6. The van der Waals surface area contributed by atoms with Gasteiger partial charge in [-0.3, -0.25) is 4.90 Å². The highest BCUT2D eigenvalue weighted by atomic mass is 16.5. The lowest BCUT2D eigenvalue weighted by Crippen LogP contribution is -2.37. The zero-order valence-corrected chi connectivity index (χ0v) is 14.9. The number of carbonyl (C=O) groups excluding carboxylic acids is 1. The Morgan fingerprint density at radius 2 is 2.27 bits per heavy atom. The van der Waals surface area contributed by atoms with Gasteiger partial charge in [-0.25, -0.2) is 9.78 Å². The second-order valence-electron chi connectivity index (χ2n) is 5.58. The Balaban J connectivity index is 1.73. The molecule has 2 rings (SSSR count). The monoisotopic (exact) mass is 360 g/mol. The summed E-state index contributed by atoms with van der Waals surface area (Å²) in [6.07, 6.45) is 3.81. The van der Waals surface area contributed by atoms with Gasteiger partial charge in [0.05, 0.1) is 38.3 Å². The van der Waals surface area contributed by atoms with Gasteiger partial charge in [0.1, 0.15) is 6.07 Å². The van der Waals surface area contributed by atoms with E-state index in [4.69, 9.17) is 19.5 Å². The smallest absolute Gasteiger partial charge is 0.350 e. The third-order valence-corrected chi connectivity index (χ3v) is 3.71. The molecule has 26 heavy (non-hydrogen) atoms. The predicted octanol–water partition coefficient (Wildman–Crippen LogP) is 1.57. The van der Waals surface area contributed by atoms with Gasteiger partial charge in [-0.1, -0.05) is 0 Å². The van der Waals surface area contributed by atoms with Crippen molar-refractivity contribution in [3.8, 4) is 11.9 Å². The summed E-state index contributed by atoms with van der Waals surface area (Å²) < 4.78 is 15.7. The number of nitriles is 1. The molecule has 0 aliphatic carbocycles. The van der Waals surface area contributed by atoms with E-state index in [1.54, 1.807) is 31.3 Å². The fourth-order valence-electron chi connectivity index (χ4n) is 2.34. The van der Waals surface area contributed by atoms with Crippen molar-refractivity contribution >= 4 is 11.7 Å². The molecule has 8 heteroatoms. The van der Waals surface area contributed by atoms with E-state index < -0.39 is 5.97 Å². The molecular weight excluding hydrogens is 336 g/mol. The van der Waals surface area contributed by atoms with E-state index in [9.17, 15) is 4.79 Å². The SMILES string of the molecule is CCOC(=O)C(C#N)=CNc1ccc(OCCCN2CCOCC2)nc1. The standard InChI is InChI=1S/C18H24N4O4/c1-2-25-18(23)15(12-19)13-20-16-4-5-17(21-14-16)26-9-3-6-22-7-10-24-11-8-22/h4-5,13-14,20H,2-3,6-11H2,1H3. The first-order valence-electron chi connectivity index (χ1n) is 8.65. The number of anilines is 1. The molecule has 1 aromatic heterocycles. The lowest BCUT2D eigenvalue weighted by Gasteiger charge is -2.26. The van der Waals surface area contributed by atoms with Crippen molar-refractivity contribution in [2.75, 3.05) is 51.4 Å². The molecule has 0 amide bonds. The Bertz CT molecular complexity index is 634. The summed E-state index contributed by atoms with van der Waals surface area (Å²) >= 11 is 0. The van der Waals surface area contributed by atoms with Crippen LogP contribution < -0.4 is 10.1 Å². The number of rotatable bonds is 9. The van der Waals surface area contributed by atoms with Crippen LogP contribution in [-0.2, 0) is 14.3 Å². The van der Waals surface area contributed by atoms with Crippen molar-refractivity contribution in [2.45, 2.75) is 13.3 Å². The van der Waals surface area contributed by atoms with Crippen LogP contribution in [0.15, 0.2) is 30.1 Å². The fraction of sp³-hybridized carbons (Fsp3) is 0.500. The van der Waals surface area contributed by atoms with Crippen LogP contribution in [0.5, 0.6) is 5.88 Å². The molecule has 0 radical (unpaired) electrons. The van der Waals surface area contributed by atoms with Crippen molar-refractivity contribution in [1.82, 2.24) is 9.88 Å². The first-order chi connectivity index (χ1) is 12.7. The number of pyridine rings is 1. The highest BCUT2D eigenvalue weighted by Gasteiger charge is 2.10. The summed E-state index contributed by atoms with van der Waals surface area (Å²) in [5, 5.41) is 11.8. The Morgan fingerprint density at radius 3 is 2.92 bits per heavy atom. The molecule has 2 heterocycles. The number of nitrogens with one attached hydrogen (secondary N) is 1. The first-order valence-corrected chi connectivity index (χ1v) is 8.65. The van der Waals surface area contributed by atoms with Gasteiger partial charge in [-0.2, -0.15) is 5.26 Å². The molecule has 0 atom stereocenters. The van der Waals surface area contributed by atoms with Gasteiger partial charge in [0.15, 0.2) is 5.57 Å². The van der Waals surface area contributed by atoms with Crippen LogP contribution in [0, 0.1) is 11.3 Å². The number of aromatic nitrogens is 1. The predicted molar refractivity (Wildman–Crippen MR) is 95.6 cm³/mol. The van der Waals surface area contributed by atoms with E-state index in [2.05, 4.69) is 15.2 Å². The van der Waals surface area contributed by atoms with E-state index >= 15 is 0 Å². The van der Waals surface area contributed by atoms with E-state index in [0.29, 0.717) is 18.2 Å². The number of hydrogen-bond donors (Lipinski definition) is 1. The van der Waals surface area contributed by atoms with Gasteiger partial charge in [0.25, 0.3) is 0 Å². The first kappa shape index (κ1) is 19.7. The molecule has 8 nitrogen and oxygen atoms in total. The van der Waals surface area contributed by atoms with Crippen molar-refractivity contribution in [3.05, 3.63) is 30.1 Å². The largest absolute Gasteiger partial charge is 0.478 e. The maximum atomic E-state index is 11.5. The minimum Gasteiger partial charge on any atom is -0.478 e. The molecule has 140 valence electrons. The highest BCUT2D eigenvalue weighted by molar-refractivity contribution is 5.93. The summed E-state index contributed by atoms with van der Waals surface area (Å²) in [5.41, 5.74) is 0.540. The van der Waals surface area contributed by atoms with Crippen molar-refractivity contribution in [1.29, 1.82) is 5.26 Å². The van der Waals surface area contributed by atoms with Crippen molar-refractivity contribution in [2.24, 2.45) is 0 Å². The minimum atomic E-state index is -0.657. The molecule has 1 fully saturated rings. The number of morpholine rings is 1. The Hall–Kier alpha value is -2.63. The summed E-state index contributed by atoms with van der Waals surface area (Å²) in [6, 6.07) is 5.30. The van der Waals surface area contributed by atoms with Crippen LogP contribution in [-0.4, -0.2) is 61.9 Å². The van der Waals surface area contributed by atoms with Gasteiger partial charge in [0, 0.05) is 31.9 Å². The van der Waals surface area contributed by atoms with E-state index in [0.717, 1.165) is 39.3 Å². The molecule has 1 aliphatic heterocycles.